The molecule has 6 nitrogen and oxygen atoms in total. The molecule has 2 rings (SSSR count). The summed E-state index contributed by atoms with van der Waals surface area (Å²) < 4.78 is 10.2. The second-order valence-electron chi connectivity index (χ2n) is 7.96. The van der Waals surface area contributed by atoms with E-state index in [1.54, 1.807) is 23.1 Å². The van der Waals surface area contributed by atoms with E-state index in [9.17, 15) is 9.59 Å². The van der Waals surface area contributed by atoms with Gasteiger partial charge in [0.1, 0.15) is 5.60 Å². The molecule has 0 radical (unpaired) electrons. The number of nitrogens with zero attached hydrogens (tertiary/aromatic N) is 1. The van der Waals surface area contributed by atoms with Crippen LogP contribution in [0.3, 0.4) is 0 Å². The fourth-order valence-electron chi connectivity index (χ4n) is 3.20. The summed E-state index contributed by atoms with van der Waals surface area (Å²) in [6, 6.07) is 5.29. The van der Waals surface area contributed by atoms with Crippen molar-refractivity contribution in [3.05, 3.63) is 28.8 Å². The van der Waals surface area contributed by atoms with Crippen molar-refractivity contribution in [3.8, 4) is 0 Å². The Morgan fingerprint density at radius 2 is 1.85 bits per heavy atom. The van der Waals surface area contributed by atoms with Crippen LogP contribution in [0.5, 0.6) is 0 Å². The SMILES string of the molecule is COC(=O)c1cc(Cl)cc(NC(C)C2CCN(C(=O)OC(C)(C)C)CC2)c1. The lowest BCUT2D eigenvalue weighted by atomic mass is 9.90. The Kier molecular flexibility index (Phi) is 6.98. The first-order valence-corrected chi connectivity index (χ1v) is 9.60. The van der Waals surface area contributed by atoms with Gasteiger partial charge in [0.05, 0.1) is 12.7 Å². The number of amides is 1. The van der Waals surface area contributed by atoms with E-state index in [-0.39, 0.29) is 12.1 Å². The van der Waals surface area contributed by atoms with Crippen molar-refractivity contribution in [2.75, 3.05) is 25.5 Å². The van der Waals surface area contributed by atoms with Crippen molar-refractivity contribution in [1.82, 2.24) is 4.90 Å². The Hall–Kier alpha value is -1.95. The predicted molar refractivity (Wildman–Crippen MR) is 106 cm³/mol. The molecule has 1 aliphatic heterocycles. The highest BCUT2D eigenvalue weighted by molar-refractivity contribution is 6.31. The van der Waals surface area contributed by atoms with Crippen molar-refractivity contribution in [3.63, 3.8) is 0 Å². The maximum absolute atomic E-state index is 12.2. The largest absolute Gasteiger partial charge is 0.465 e. The third kappa shape index (κ3) is 6.31. The van der Waals surface area contributed by atoms with E-state index in [0.29, 0.717) is 29.6 Å². The number of benzene rings is 1. The van der Waals surface area contributed by atoms with Crippen LogP contribution >= 0.6 is 11.6 Å². The van der Waals surface area contributed by atoms with E-state index in [1.165, 1.54) is 7.11 Å². The normalized spacial score (nSPS) is 16.6. The molecule has 1 aromatic rings. The first-order valence-electron chi connectivity index (χ1n) is 9.22. The van der Waals surface area contributed by atoms with Gasteiger partial charge in [-0.05, 0) is 64.7 Å². The molecule has 150 valence electrons. The molecule has 1 unspecified atom stereocenters. The molecule has 1 N–H and O–H groups in total. The molecule has 1 fully saturated rings. The summed E-state index contributed by atoms with van der Waals surface area (Å²) in [5.74, 6) is -0.0110. The van der Waals surface area contributed by atoms with Crippen molar-refractivity contribution in [2.45, 2.75) is 52.2 Å². The molecule has 1 heterocycles. The van der Waals surface area contributed by atoms with Crippen molar-refractivity contribution in [1.29, 1.82) is 0 Å². The van der Waals surface area contributed by atoms with Gasteiger partial charge < -0.3 is 19.7 Å². The van der Waals surface area contributed by atoms with Crippen molar-refractivity contribution in [2.24, 2.45) is 5.92 Å². The maximum Gasteiger partial charge on any atom is 0.410 e. The Bertz CT molecular complexity index is 679. The van der Waals surface area contributed by atoms with Gasteiger partial charge in [0.25, 0.3) is 0 Å². The van der Waals surface area contributed by atoms with Gasteiger partial charge in [-0.3, -0.25) is 0 Å². The van der Waals surface area contributed by atoms with Crippen molar-refractivity contribution < 1.29 is 19.1 Å². The standard InChI is InChI=1S/C20H29ClN2O4/c1-13(22-17-11-15(18(24)26-5)10-16(21)12-17)14-6-8-23(9-7-14)19(25)27-20(2,3)4/h10-14,22H,6-9H2,1-5H3. The lowest BCUT2D eigenvalue weighted by molar-refractivity contribution is 0.0179. The number of nitrogens with one attached hydrogen (secondary N) is 1. The molecule has 1 amide bonds. The summed E-state index contributed by atoms with van der Waals surface area (Å²) >= 11 is 6.12. The number of methoxy groups -OCH3 is 1. The molecule has 0 aliphatic carbocycles. The van der Waals surface area contributed by atoms with E-state index in [0.717, 1.165) is 18.5 Å². The number of ether oxygens (including phenoxy) is 2. The van der Waals surface area contributed by atoms with Gasteiger partial charge in [-0.1, -0.05) is 11.6 Å². The van der Waals surface area contributed by atoms with Gasteiger partial charge in [-0.2, -0.15) is 0 Å². The molecule has 0 aromatic heterocycles. The third-order valence-electron chi connectivity index (χ3n) is 4.61. The number of hydrogen-bond acceptors (Lipinski definition) is 5. The lowest BCUT2D eigenvalue weighted by Gasteiger charge is -2.36. The van der Waals surface area contributed by atoms with E-state index >= 15 is 0 Å². The molecule has 1 saturated heterocycles. The third-order valence-corrected chi connectivity index (χ3v) is 4.83. The van der Waals surface area contributed by atoms with Crippen LogP contribution in [0.25, 0.3) is 0 Å². The molecule has 1 atom stereocenters. The first-order chi connectivity index (χ1) is 12.6. The number of hydrogen-bond donors (Lipinski definition) is 1. The summed E-state index contributed by atoms with van der Waals surface area (Å²) in [7, 11) is 1.34. The van der Waals surface area contributed by atoms with Crippen LogP contribution in [0, 0.1) is 5.92 Å². The molecule has 1 aliphatic rings. The van der Waals surface area contributed by atoms with E-state index in [1.807, 2.05) is 20.8 Å². The Morgan fingerprint density at radius 1 is 1.22 bits per heavy atom. The van der Waals surface area contributed by atoms with Gasteiger partial charge in [0, 0.05) is 29.8 Å². The zero-order chi connectivity index (χ0) is 20.2. The zero-order valence-corrected chi connectivity index (χ0v) is 17.4. The zero-order valence-electron chi connectivity index (χ0n) is 16.7. The number of carbonyl (C=O) groups is 2. The summed E-state index contributed by atoms with van der Waals surface area (Å²) in [4.78, 5) is 25.7. The molecule has 27 heavy (non-hydrogen) atoms. The minimum Gasteiger partial charge on any atom is -0.465 e. The smallest absolute Gasteiger partial charge is 0.410 e. The highest BCUT2D eigenvalue weighted by atomic mass is 35.5. The van der Waals surface area contributed by atoms with Crippen LogP contribution in [0.4, 0.5) is 10.5 Å². The van der Waals surface area contributed by atoms with E-state index in [2.05, 4.69) is 12.2 Å². The summed E-state index contributed by atoms with van der Waals surface area (Å²) in [5.41, 5.74) is 0.719. The van der Waals surface area contributed by atoms with Gasteiger partial charge in [-0.25, -0.2) is 9.59 Å². The topological polar surface area (TPSA) is 67.9 Å². The highest BCUT2D eigenvalue weighted by Gasteiger charge is 2.29. The second kappa shape index (κ2) is 8.83. The molecule has 7 heteroatoms. The monoisotopic (exact) mass is 396 g/mol. The minimum absolute atomic E-state index is 0.176. The van der Waals surface area contributed by atoms with Crippen LogP contribution in [-0.2, 0) is 9.47 Å². The molecule has 0 saturated carbocycles. The van der Waals surface area contributed by atoms with Gasteiger partial charge in [0.2, 0.25) is 0 Å². The molecular weight excluding hydrogens is 368 g/mol. The minimum atomic E-state index is -0.479. The highest BCUT2D eigenvalue weighted by Crippen LogP contribution is 2.26. The van der Waals surface area contributed by atoms with Gasteiger partial charge >= 0.3 is 12.1 Å². The fourth-order valence-corrected chi connectivity index (χ4v) is 3.43. The number of rotatable bonds is 4. The fraction of sp³-hybridized carbons (Fsp3) is 0.600. The summed E-state index contributed by atoms with van der Waals surface area (Å²) in [5, 5.41) is 3.91. The number of piperidine rings is 1. The number of likely N-dealkylation sites (tertiary alicyclic amines) is 1. The maximum atomic E-state index is 12.2. The van der Waals surface area contributed by atoms with Gasteiger partial charge in [0.15, 0.2) is 0 Å². The van der Waals surface area contributed by atoms with Crippen LogP contribution in [0.15, 0.2) is 18.2 Å². The Labute approximate surface area is 166 Å². The van der Waals surface area contributed by atoms with E-state index < -0.39 is 11.6 Å². The Morgan fingerprint density at radius 3 is 2.41 bits per heavy atom. The summed E-state index contributed by atoms with van der Waals surface area (Å²) in [6.45, 7) is 9.07. The number of carbonyl (C=O) groups excluding carboxylic acids is 2. The van der Waals surface area contributed by atoms with Crippen LogP contribution in [-0.4, -0.2) is 48.8 Å². The summed E-state index contributed by atoms with van der Waals surface area (Å²) in [6.07, 6.45) is 1.52. The molecule has 0 bridgehead atoms. The second-order valence-corrected chi connectivity index (χ2v) is 8.39. The Balaban J connectivity index is 1.93. The molecular formula is C20H29ClN2O4. The predicted octanol–water partition coefficient (Wildman–Crippen LogP) is 4.57. The van der Waals surface area contributed by atoms with Crippen LogP contribution in [0.1, 0.15) is 50.9 Å². The lowest BCUT2D eigenvalue weighted by Crippen LogP contribution is -2.44. The molecule has 0 spiro atoms. The number of esters is 1. The average molecular weight is 397 g/mol. The van der Waals surface area contributed by atoms with Crippen LogP contribution in [0.2, 0.25) is 5.02 Å². The van der Waals surface area contributed by atoms with Crippen LogP contribution < -0.4 is 5.32 Å². The average Bonchev–Trinajstić information content (AvgIpc) is 2.59. The number of halogens is 1. The number of anilines is 1. The van der Waals surface area contributed by atoms with Crippen molar-refractivity contribution >= 4 is 29.4 Å². The first kappa shape index (κ1) is 21.4. The van der Waals surface area contributed by atoms with Gasteiger partial charge in [-0.15, -0.1) is 0 Å². The quantitative estimate of drug-likeness (QED) is 0.755. The molecule has 1 aromatic carbocycles. The van der Waals surface area contributed by atoms with E-state index in [4.69, 9.17) is 21.1 Å².